The number of guanidine groups is 1. The van der Waals surface area contributed by atoms with Crippen LogP contribution in [0.2, 0.25) is 0 Å². The van der Waals surface area contributed by atoms with Crippen molar-refractivity contribution in [3.63, 3.8) is 0 Å². The maximum Gasteiger partial charge on any atom is 0.387 e. The third-order valence-corrected chi connectivity index (χ3v) is 4.17. The Labute approximate surface area is 204 Å². The number of nitrogens with zero attached hydrogens (tertiary/aromatic N) is 1. The van der Waals surface area contributed by atoms with Crippen molar-refractivity contribution in [3.05, 3.63) is 53.6 Å². The number of methoxy groups -OCH3 is 2. The quantitative estimate of drug-likeness (QED) is 0.174. The number of rotatable bonds is 12. The van der Waals surface area contributed by atoms with E-state index in [1.54, 1.807) is 19.2 Å². The van der Waals surface area contributed by atoms with E-state index in [-0.39, 0.29) is 36.3 Å². The molecule has 2 rings (SSSR count). The van der Waals surface area contributed by atoms with Crippen LogP contribution in [-0.2, 0) is 17.8 Å². The van der Waals surface area contributed by atoms with Crippen LogP contribution in [0.5, 0.6) is 17.2 Å². The lowest BCUT2D eigenvalue weighted by Crippen LogP contribution is -2.36. The van der Waals surface area contributed by atoms with Gasteiger partial charge in [-0.25, -0.2) is 4.99 Å². The first-order valence-electron chi connectivity index (χ1n) is 9.90. The van der Waals surface area contributed by atoms with Crippen LogP contribution in [0.25, 0.3) is 0 Å². The average molecular weight is 565 g/mol. The molecule has 0 aliphatic carbocycles. The van der Waals surface area contributed by atoms with Crippen LogP contribution >= 0.6 is 24.0 Å². The fraction of sp³-hybridized carbons (Fsp3) is 0.409. The minimum atomic E-state index is -2.91. The minimum Gasteiger partial charge on any atom is -0.497 e. The summed E-state index contributed by atoms with van der Waals surface area (Å²) >= 11 is 0. The number of alkyl halides is 2. The van der Waals surface area contributed by atoms with E-state index in [4.69, 9.17) is 14.2 Å². The molecule has 0 saturated carbocycles. The summed E-state index contributed by atoms with van der Waals surface area (Å²) in [5.74, 6) is 1.95. The standard InChI is InChI=1S/C22H29F2N3O4.HI/c1-4-25-22(26-14-16-5-7-18(8-6-16)30-12-11-28-2)27-15-17-13-19(29-3)9-10-20(17)31-21(23)24;/h5-10,13,21H,4,11-12,14-15H2,1-3H3,(H2,25,26,27);1H. The van der Waals surface area contributed by atoms with Gasteiger partial charge >= 0.3 is 6.61 Å². The molecule has 178 valence electrons. The molecule has 0 aliphatic rings. The van der Waals surface area contributed by atoms with Crippen molar-refractivity contribution in [2.45, 2.75) is 26.6 Å². The number of ether oxygens (including phenoxy) is 4. The highest BCUT2D eigenvalue weighted by Crippen LogP contribution is 2.25. The van der Waals surface area contributed by atoms with Crippen LogP contribution < -0.4 is 24.8 Å². The first-order valence-corrected chi connectivity index (χ1v) is 9.90. The van der Waals surface area contributed by atoms with E-state index < -0.39 is 6.61 Å². The molecule has 10 heteroatoms. The second-order valence-electron chi connectivity index (χ2n) is 6.39. The minimum absolute atomic E-state index is 0. The second-order valence-corrected chi connectivity index (χ2v) is 6.39. The van der Waals surface area contributed by atoms with Crippen LogP contribution in [-0.4, -0.2) is 46.5 Å². The van der Waals surface area contributed by atoms with Crippen LogP contribution in [0.15, 0.2) is 47.5 Å². The van der Waals surface area contributed by atoms with Crippen LogP contribution in [0.1, 0.15) is 18.1 Å². The van der Waals surface area contributed by atoms with E-state index in [1.165, 1.54) is 13.2 Å². The normalized spacial score (nSPS) is 11.0. The number of hydrogen-bond acceptors (Lipinski definition) is 5. The van der Waals surface area contributed by atoms with Crippen LogP contribution in [0.3, 0.4) is 0 Å². The molecule has 0 saturated heterocycles. The molecule has 0 atom stereocenters. The Morgan fingerprint density at radius 2 is 1.72 bits per heavy atom. The molecule has 2 aromatic carbocycles. The topological polar surface area (TPSA) is 73.3 Å². The Bertz CT molecular complexity index is 823. The molecule has 7 nitrogen and oxygen atoms in total. The summed E-state index contributed by atoms with van der Waals surface area (Å²) < 4.78 is 45.7. The van der Waals surface area contributed by atoms with Gasteiger partial charge in [-0.2, -0.15) is 8.78 Å². The molecule has 0 aliphatic heterocycles. The van der Waals surface area contributed by atoms with Gasteiger partial charge in [0, 0.05) is 25.8 Å². The third-order valence-electron chi connectivity index (χ3n) is 4.17. The first-order chi connectivity index (χ1) is 15.0. The van der Waals surface area contributed by atoms with Crippen molar-refractivity contribution in [3.8, 4) is 17.2 Å². The highest BCUT2D eigenvalue weighted by atomic mass is 127. The van der Waals surface area contributed by atoms with E-state index in [1.807, 2.05) is 31.2 Å². The Morgan fingerprint density at radius 1 is 1.00 bits per heavy atom. The fourth-order valence-electron chi connectivity index (χ4n) is 2.66. The van der Waals surface area contributed by atoms with Gasteiger partial charge in [-0.15, -0.1) is 24.0 Å². The zero-order chi connectivity index (χ0) is 22.5. The average Bonchev–Trinajstić information content (AvgIpc) is 2.77. The Hall–Kier alpha value is -2.34. The van der Waals surface area contributed by atoms with Crippen molar-refractivity contribution in [1.29, 1.82) is 0 Å². The highest BCUT2D eigenvalue weighted by molar-refractivity contribution is 14.0. The van der Waals surface area contributed by atoms with E-state index in [0.717, 1.165) is 11.3 Å². The summed E-state index contributed by atoms with van der Waals surface area (Å²) in [6, 6.07) is 12.3. The fourth-order valence-corrected chi connectivity index (χ4v) is 2.66. The number of hydrogen-bond donors (Lipinski definition) is 2. The predicted octanol–water partition coefficient (Wildman–Crippen LogP) is 4.20. The summed E-state index contributed by atoms with van der Waals surface area (Å²) in [6.45, 7) is 1.38. The van der Waals surface area contributed by atoms with Crippen molar-refractivity contribution >= 4 is 29.9 Å². The molecule has 0 heterocycles. The van der Waals surface area contributed by atoms with Gasteiger partial charge < -0.3 is 29.6 Å². The number of benzene rings is 2. The maximum absolute atomic E-state index is 12.7. The Kier molecular flexibility index (Phi) is 13.4. The zero-order valence-corrected chi connectivity index (χ0v) is 20.7. The van der Waals surface area contributed by atoms with E-state index in [9.17, 15) is 8.78 Å². The van der Waals surface area contributed by atoms with Gasteiger partial charge in [0.25, 0.3) is 0 Å². The Balaban J connectivity index is 0.00000512. The summed E-state index contributed by atoms with van der Waals surface area (Å²) in [5, 5.41) is 6.28. The van der Waals surface area contributed by atoms with Crippen molar-refractivity contribution in [1.82, 2.24) is 10.6 Å². The molecule has 0 spiro atoms. The lowest BCUT2D eigenvalue weighted by molar-refractivity contribution is -0.0505. The first kappa shape index (κ1) is 27.7. The summed E-state index contributed by atoms with van der Waals surface area (Å²) in [6.07, 6.45) is 0. The summed E-state index contributed by atoms with van der Waals surface area (Å²) in [7, 11) is 3.14. The monoisotopic (exact) mass is 565 g/mol. The molecule has 2 N–H and O–H groups in total. The lowest BCUT2D eigenvalue weighted by atomic mass is 10.2. The molecule has 0 unspecified atom stereocenters. The molecule has 2 aromatic rings. The van der Waals surface area contributed by atoms with Crippen molar-refractivity contribution < 1.29 is 27.7 Å². The van der Waals surface area contributed by atoms with Gasteiger partial charge in [0.2, 0.25) is 0 Å². The van der Waals surface area contributed by atoms with Gasteiger partial charge in [-0.3, -0.25) is 0 Å². The smallest absolute Gasteiger partial charge is 0.387 e. The van der Waals surface area contributed by atoms with Gasteiger partial charge in [-0.1, -0.05) is 12.1 Å². The van der Waals surface area contributed by atoms with E-state index in [0.29, 0.717) is 43.6 Å². The number of nitrogens with one attached hydrogen (secondary N) is 2. The highest BCUT2D eigenvalue weighted by Gasteiger charge is 2.11. The Morgan fingerprint density at radius 3 is 2.34 bits per heavy atom. The molecule has 0 radical (unpaired) electrons. The van der Waals surface area contributed by atoms with E-state index >= 15 is 0 Å². The molecule has 0 aromatic heterocycles. The second kappa shape index (κ2) is 15.5. The largest absolute Gasteiger partial charge is 0.497 e. The SMILES string of the molecule is CCNC(=NCc1ccc(OCCOC)cc1)NCc1cc(OC)ccc1OC(F)F.I. The van der Waals surface area contributed by atoms with Gasteiger partial charge in [0.05, 0.1) is 20.3 Å². The van der Waals surface area contributed by atoms with Gasteiger partial charge in [0.1, 0.15) is 23.9 Å². The third kappa shape index (κ3) is 9.86. The van der Waals surface area contributed by atoms with Crippen LogP contribution in [0.4, 0.5) is 8.78 Å². The predicted molar refractivity (Wildman–Crippen MR) is 131 cm³/mol. The molecule has 32 heavy (non-hydrogen) atoms. The van der Waals surface area contributed by atoms with Gasteiger partial charge in [-0.05, 0) is 42.8 Å². The summed E-state index contributed by atoms with van der Waals surface area (Å²) in [5.41, 5.74) is 1.53. The lowest BCUT2D eigenvalue weighted by Gasteiger charge is -2.15. The van der Waals surface area contributed by atoms with Gasteiger partial charge in [0.15, 0.2) is 5.96 Å². The van der Waals surface area contributed by atoms with Crippen LogP contribution in [0, 0.1) is 0 Å². The number of aliphatic imine (C=N–C) groups is 1. The van der Waals surface area contributed by atoms with Crippen molar-refractivity contribution in [2.24, 2.45) is 4.99 Å². The maximum atomic E-state index is 12.7. The number of halogens is 3. The molecule has 0 amide bonds. The van der Waals surface area contributed by atoms with E-state index in [2.05, 4.69) is 20.4 Å². The summed E-state index contributed by atoms with van der Waals surface area (Å²) in [4.78, 5) is 4.55. The molecule has 0 bridgehead atoms. The zero-order valence-electron chi connectivity index (χ0n) is 18.4. The molecule has 0 fully saturated rings. The molecular formula is C22H30F2IN3O4. The van der Waals surface area contributed by atoms with Crippen molar-refractivity contribution in [2.75, 3.05) is 34.0 Å². The molecular weight excluding hydrogens is 535 g/mol.